The Morgan fingerprint density at radius 3 is 2.32 bits per heavy atom. The third-order valence-electron chi connectivity index (χ3n) is 3.82. The number of aliphatic imine (C=N–C) groups is 1. The lowest BCUT2D eigenvalue weighted by molar-refractivity contribution is -0.163. The second-order valence-corrected chi connectivity index (χ2v) is 8.09. The predicted octanol–water partition coefficient (Wildman–Crippen LogP) is 6.11. The average Bonchev–Trinajstić information content (AvgIpc) is 2.57. The molecular formula is C22H25Cl2NO3. The number of esters is 1. The number of carbonyl (C=O) groups is 1. The van der Waals surface area contributed by atoms with E-state index in [0.29, 0.717) is 22.2 Å². The molecule has 0 amide bonds. The van der Waals surface area contributed by atoms with E-state index in [1.807, 2.05) is 50.2 Å². The molecule has 0 aliphatic rings. The Balaban J connectivity index is 1.97. The molecule has 0 aliphatic heterocycles. The van der Waals surface area contributed by atoms with E-state index in [2.05, 4.69) is 4.99 Å². The lowest BCUT2D eigenvalue weighted by atomic mass is 10.0. The maximum atomic E-state index is 12.3. The fourth-order valence-electron chi connectivity index (χ4n) is 2.71. The first kappa shape index (κ1) is 22.3. The molecular weight excluding hydrogens is 397 g/mol. The third-order valence-corrected chi connectivity index (χ3v) is 4.41. The number of carbonyl (C=O) groups excluding carboxylic acids is 1. The summed E-state index contributed by atoms with van der Waals surface area (Å²) in [5.41, 5.74) is 1.98. The molecule has 0 N–H and O–H groups in total. The summed E-state index contributed by atoms with van der Waals surface area (Å²) in [6.45, 7) is 8.84. The smallest absolute Gasteiger partial charge is 0.349 e. The van der Waals surface area contributed by atoms with Gasteiger partial charge in [0, 0.05) is 15.8 Å². The summed E-state index contributed by atoms with van der Waals surface area (Å²) in [4.78, 5) is 16.6. The van der Waals surface area contributed by atoms with Crippen LogP contribution in [0.25, 0.3) is 0 Å². The van der Waals surface area contributed by atoms with Crippen molar-refractivity contribution < 1.29 is 14.3 Å². The van der Waals surface area contributed by atoms with Crippen LogP contribution in [0.4, 0.5) is 0 Å². The highest BCUT2D eigenvalue weighted by Gasteiger charge is 2.26. The number of ether oxygens (including phenoxy) is 2. The zero-order valence-electron chi connectivity index (χ0n) is 16.8. The van der Waals surface area contributed by atoms with Crippen LogP contribution in [0.2, 0.25) is 10.0 Å². The molecule has 0 heterocycles. The molecule has 2 aromatic carbocycles. The maximum Gasteiger partial charge on any atom is 0.349 e. The molecule has 0 aliphatic carbocycles. The van der Waals surface area contributed by atoms with Crippen molar-refractivity contribution in [3.63, 3.8) is 0 Å². The molecule has 1 unspecified atom stereocenters. The van der Waals surface area contributed by atoms with Crippen LogP contribution in [-0.2, 0) is 16.0 Å². The highest BCUT2D eigenvalue weighted by molar-refractivity contribution is 6.35. The molecule has 4 nitrogen and oxygen atoms in total. The minimum absolute atomic E-state index is 0.466. The van der Waals surface area contributed by atoms with E-state index in [1.165, 1.54) is 0 Å². The first-order valence-corrected chi connectivity index (χ1v) is 9.77. The summed E-state index contributed by atoms with van der Waals surface area (Å²) in [7, 11) is 0. The van der Waals surface area contributed by atoms with Gasteiger partial charge in [0.05, 0.1) is 0 Å². The second-order valence-electron chi connectivity index (χ2n) is 7.24. The van der Waals surface area contributed by atoms with Crippen LogP contribution in [0.3, 0.4) is 0 Å². The lowest BCUT2D eigenvalue weighted by Crippen LogP contribution is -2.34. The molecule has 6 heteroatoms. The minimum atomic E-state index is -0.921. The SMILES string of the molecule is CC(C)=NC(C)(C)OC(=O)C(C)Oc1ccc(Cc2ccc(Cl)cc2Cl)cc1. The van der Waals surface area contributed by atoms with Gasteiger partial charge in [0.1, 0.15) is 5.75 Å². The number of hydrogen-bond acceptors (Lipinski definition) is 4. The zero-order valence-corrected chi connectivity index (χ0v) is 18.3. The summed E-state index contributed by atoms with van der Waals surface area (Å²) < 4.78 is 11.1. The first-order valence-electron chi connectivity index (χ1n) is 9.01. The van der Waals surface area contributed by atoms with Crippen LogP contribution < -0.4 is 4.74 Å². The highest BCUT2D eigenvalue weighted by Crippen LogP contribution is 2.24. The normalized spacial score (nSPS) is 12.2. The van der Waals surface area contributed by atoms with Crippen LogP contribution in [0.1, 0.15) is 45.7 Å². The van der Waals surface area contributed by atoms with Gasteiger partial charge in [-0.2, -0.15) is 0 Å². The Morgan fingerprint density at radius 2 is 1.75 bits per heavy atom. The first-order chi connectivity index (χ1) is 13.1. The number of halogens is 2. The molecule has 28 heavy (non-hydrogen) atoms. The monoisotopic (exact) mass is 421 g/mol. The van der Waals surface area contributed by atoms with E-state index in [1.54, 1.807) is 26.8 Å². The molecule has 0 fully saturated rings. The predicted molar refractivity (Wildman–Crippen MR) is 115 cm³/mol. The summed E-state index contributed by atoms with van der Waals surface area (Å²) in [6, 6.07) is 13.0. The Kier molecular flexibility index (Phi) is 7.50. The largest absolute Gasteiger partial charge is 0.479 e. The summed E-state index contributed by atoms with van der Waals surface area (Å²) in [5.74, 6) is 0.121. The van der Waals surface area contributed by atoms with Crippen molar-refractivity contribution in [2.45, 2.75) is 52.9 Å². The molecule has 150 valence electrons. The number of rotatable bonds is 7. The topological polar surface area (TPSA) is 47.9 Å². The van der Waals surface area contributed by atoms with Gasteiger partial charge >= 0.3 is 5.97 Å². The van der Waals surface area contributed by atoms with Crippen LogP contribution in [0, 0.1) is 0 Å². The molecule has 2 rings (SSSR count). The van der Waals surface area contributed by atoms with E-state index in [0.717, 1.165) is 16.8 Å². The number of nitrogens with zero attached hydrogens (tertiary/aromatic N) is 1. The van der Waals surface area contributed by atoms with Crippen LogP contribution in [0.15, 0.2) is 47.5 Å². The van der Waals surface area contributed by atoms with Gasteiger partial charge in [-0.15, -0.1) is 0 Å². The molecule has 0 bridgehead atoms. The molecule has 1 atom stereocenters. The van der Waals surface area contributed by atoms with Gasteiger partial charge < -0.3 is 9.47 Å². The molecule has 0 aromatic heterocycles. The van der Waals surface area contributed by atoms with Crippen molar-refractivity contribution in [3.8, 4) is 5.75 Å². The van der Waals surface area contributed by atoms with Crippen molar-refractivity contribution in [2.24, 2.45) is 4.99 Å². The van der Waals surface area contributed by atoms with Gasteiger partial charge in [-0.25, -0.2) is 9.79 Å². The lowest BCUT2D eigenvalue weighted by Gasteiger charge is -2.23. The van der Waals surface area contributed by atoms with Crippen LogP contribution in [-0.4, -0.2) is 23.5 Å². The van der Waals surface area contributed by atoms with Crippen molar-refractivity contribution >= 4 is 34.9 Å². The van der Waals surface area contributed by atoms with Gasteiger partial charge in [-0.3, -0.25) is 0 Å². The summed E-state index contributed by atoms with van der Waals surface area (Å²) >= 11 is 12.2. The number of benzene rings is 2. The number of hydrogen-bond donors (Lipinski definition) is 0. The van der Waals surface area contributed by atoms with Gasteiger partial charge in [0.15, 0.2) is 11.8 Å². The van der Waals surface area contributed by atoms with Crippen LogP contribution >= 0.6 is 23.2 Å². The summed E-state index contributed by atoms with van der Waals surface area (Å²) in [6.07, 6.45) is -0.0700. The van der Waals surface area contributed by atoms with Gasteiger partial charge in [-0.05, 0) is 76.4 Å². The van der Waals surface area contributed by atoms with Crippen LogP contribution in [0.5, 0.6) is 5.75 Å². The molecule has 0 spiro atoms. The molecule has 0 saturated heterocycles. The Morgan fingerprint density at radius 1 is 1.11 bits per heavy atom. The van der Waals surface area contributed by atoms with E-state index < -0.39 is 17.8 Å². The second kappa shape index (κ2) is 9.44. The Bertz CT molecular complexity index is 857. The van der Waals surface area contributed by atoms with Crippen molar-refractivity contribution in [1.29, 1.82) is 0 Å². The van der Waals surface area contributed by atoms with Gasteiger partial charge in [0.2, 0.25) is 0 Å². The minimum Gasteiger partial charge on any atom is -0.479 e. The van der Waals surface area contributed by atoms with E-state index in [9.17, 15) is 4.79 Å². The fourth-order valence-corrected chi connectivity index (χ4v) is 3.19. The molecule has 2 aromatic rings. The third kappa shape index (κ3) is 6.84. The molecule has 0 radical (unpaired) electrons. The highest BCUT2D eigenvalue weighted by atomic mass is 35.5. The van der Waals surface area contributed by atoms with E-state index in [4.69, 9.17) is 32.7 Å². The van der Waals surface area contributed by atoms with E-state index in [-0.39, 0.29) is 0 Å². The molecule has 0 saturated carbocycles. The summed E-state index contributed by atoms with van der Waals surface area (Å²) in [5, 5.41) is 1.25. The van der Waals surface area contributed by atoms with E-state index >= 15 is 0 Å². The van der Waals surface area contributed by atoms with Gasteiger partial charge in [-0.1, -0.05) is 41.4 Å². The fraction of sp³-hybridized carbons (Fsp3) is 0.364. The van der Waals surface area contributed by atoms with Gasteiger partial charge in [0.25, 0.3) is 0 Å². The Labute approximate surface area is 176 Å². The van der Waals surface area contributed by atoms with Crippen molar-refractivity contribution in [1.82, 2.24) is 0 Å². The standard InChI is InChI=1S/C22H25Cl2NO3/c1-14(2)25-22(4,5)28-21(26)15(3)27-19-10-6-16(7-11-19)12-17-8-9-18(23)13-20(17)24/h6-11,13,15H,12H2,1-5H3. The zero-order chi connectivity index (χ0) is 20.9. The van der Waals surface area contributed by atoms with Crippen molar-refractivity contribution in [3.05, 3.63) is 63.6 Å². The quantitative estimate of drug-likeness (QED) is 0.400. The maximum absolute atomic E-state index is 12.3. The Hall–Kier alpha value is -2.04. The van der Waals surface area contributed by atoms with Crippen molar-refractivity contribution in [2.75, 3.05) is 0 Å². The average molecular weight is 422 g/mol.